The molecule has 1 aromatic carbocycles. The molecule has 0 N–H and O–H groups in total. The lowest BCUT2D eigenvalue weighted by molar-refractivity contribution is -0.131. The number of fused-ring (bicyclic) bond motifs is 1. The summed E-state index contributed by atoms with van der Waals surface area (Å²) in [6, 6.07) is 7.73. The van der Waals surface area contributed by atoms with Crippen LogP contribution in [-0.4, -0.2) is 62.1 Å². The first-order valence-corrected chi connectivity index (χ1v) is 9.47. The van der Waals surface area contributed by atoms with Gasteiger partial charge in [-0.1, -0.05) is 18.2 Å². The molecule has 6 nitrogen and oxygen atoms in total. The minimum Gasteiger partial charge on any atom is -0.385 e. The summed E-state index contributed by atoms with van der Waals surface area (Å²) < 4.78 is 5.13. The van der Waals surface area contributed by atoms with E-state index in [4.69, 9.17) is 4.74 Å². The van der Waals surface area contributed by atoms with Crippen LogP contribution in [0.15, 0.2) is 24.3 Å². The maximum atomic E-state index is 12.9. The van der Waals surface area contributed by atoms with Gasteiger partial charge in [-0.15, -0.1) is 0 Å². The normalized spacial score (nSPS) is 20.3. The number of carbonyl (C=O) groups excluding carboxylic acids is 2. The lowest BCUT2D eigenvalue weighted by atomic mass is 9.93. The zero-order chi connectivity index (χ0) is 18.5. The van der Waals surface area contributed by atoms with E-state index in [0.29, 0.717) is 12.5 Å². The summed E-state index contributed by atoms with van der Waals surface area (Å²) in [5.74, 6) is 0.578. The SMILES string of the molecule is COCCCC1CCCN(C(=O)CN2C(=O)N(C)Cc3ccccc32)C1. The van der Waals surface area contributed by atoms with E-state index < -0.39 is 0 Å². The molecule has 0 radical (unpaired) electrons. The number of nitrogens with zero attached hydrogens (tertiary/aromatic N) is 3. The molecule has 0 spiro atoms. The van der Waals surface area contributed by atoms with Crippen LogP contribution in [-0.2, 0) is 16.1 Å². The van der Waals surface area contributed by atoms with E-state index in [9.17, 15) is 9.59 Å². The number of hydrogen-bond donors (Lipinski definition) is 0. The molecule has 1 unspecified atom stereocenters. The van der Waals surface area contributed by atoms with Crippen LogP contribution in [0.3, 0.4) is 0 Å². The van der Waals surface area contributed by atoms with Crippen LogP contribution in [0.2, 0.25) is 0 Å². The van der Waals surface area contributed by atoms with Crippen LogP contribution in [0.1, 0.15) is 31.2 Å². The van der Waals surface area contributed by atoms with Crippen LogP contribution < -0.4 is 4.90 Å². The molecule has 1 fully saturated rings. The predicted molar refractivity (Wildman–Crippen MR) is 101 cm³/mol. The van der Waals surface area contributed by atoms with Gasteiger partial charge in [0.2, 0.25) is 5.91 Å². The smallest absolute Gasteiger partial charge is 0.325 e. The highest BCUT2D eigenvalue weighted by molar-refractivity contribution is 5.99. The van der Waals surface area contributed by atoms with Crippen molar-refractivity contribution in [3.8, 4) is 0 Å². The number of anilines is 1. The molecular formula is C20H29N3O3. The van der Waals surface area contributed by atoms with Crippen LogP contribution in [0.5, 0.6) is 0 Å². The van der Waals surface area contributed by atoms with Gasteiger partial charge in [0.05, 0.1) is 5.69 Å². The number of rotatable bonds is 6. The Labute approximate surface area is 155 Å². The van der Waals surface area contributed by atoms with E-state index in [1.807, 2.05) is 29.2 Å². The molecule has 6 heteroatoms. The predicted octanol–water partition coefficient (Wildman–Crippen LogP) is 2.72. The topological polar surface area (TPSA) is 53.1 Å². The van der Waals surface area contributed by atoms with Crippen molar-refractivity contribution in [3.63, 3.8) is 0 Å². The molecule has 3 amide bonds. The zero-order valence-electron chi connectivity index (χ0n) is 15.8. The van der Waals surface area contributed by atoms with Gasteiger partial charge in [-0.3, -0.25) is 9.69 Å². The Kier molecular flexibility index (Phi) is 6.14. The minimum atomic E-state index is -0.106. The Morgan fingerprint density at radius 1 is 1.31 bits per heavy atom. The Bertz CT molecular complexity index is 649. The second-order valence-electron chi connectivity index (χ2n) is 7.34. The third-order valence-corrected chi connectivity index (χ3v) is 5.37. The number of methoxy groups -OCH3 is 1. The monoisotopic (exact) mass is 359 g/mol. The first kappa shape index (κ1) is 18.7. The molecule has 0 bridgehead atoms. The highest BCUT2D eigenvalue weighted by Gasteiger charge is 2.31. The maximum Gasteiger partial charge on any atom is 0.325 e. The van der Waals surface area contributed by atoms with E-state index in [-0.39, 0.29) is 18.5 Å². The van der Waals surface area contributed by atoms with E-state index in [1.165, 1.54) is 6.42 Å². The van der Waals surface area contributed by atoms with Gasteiger partial charge >= 0.3 is 6.03 Å². The molecule has 0 aliphatic carbocycles. The summed E-state index contributed by atoms with van der Waals surface area (Å²) in [7, 11) is 3.50. The van der Waals surface area contributed by atoms with Crippen molar-refractivity contribution in [2.45, 2.75) is 32.2 Å². The minimum absolute atomic E-state index is 0.0416. The first-order chi connectivity index (χ1) is 12.6. The Hall–Kier alpha value is -2.08. The molecule has 3 rings (SSSR count). The molecule has 0 saturated carbocycles. The third-order valence-electron chi connectivity index (χ3n) is 5.37. The number of carbonyl (C=O) groups is 2. The molecule has 1 atom stereocenters. The van der Waals surface area contributed by atoms with Crippen LogP contribution in [0.25, 0.3) is 0 Å². The zero-order valence-corrected chi connectivity index (χ0v) is 15.8. The van der Waals surface area contributed by atoms with Crippen molar-refractivity contribution in [3.05, 3.63) is 29.8 Å². The summed E-state index contributed by atoms with van der Waals surface area (Å²) in [6.07, 6.45) is 4.33. The molecular weight excluding hydrogens is 330 g/mol. The third kappa shape index (κ3) is 4.18. The largest absolute Gasteiger partial charge is 0.385 e. The molecule has 1 saturated heterocycles. The number of ether oxygens (including phenoxy) is 1. The van der Waals surface area contributed by atoms with Gasteiger partial charge in [-0.2, -0.15) is 0 Å². The fourth-order valence-electron chi connectivity index (χ4n) is 3.97. The van der Waals surface area contributed by atoms with Gasteiger partial charge in [0.25, 0.3) is 0 Å². The molecule has 1 aromatic rings. The molecule has 142 valence electrons. The van der Waals surface area contributed by atoms with E-state index in [1.54, 1.807) is 24.0 Å². The standard InChI is InChI=1S/C20H29N3O3/c1-21-14-17-9-3-4-10-18(17)23(20(21)25)15-19(24)22-11-5-7-16(13-22)8-6-12-26-2/h3-4,9-10,16H,5-8,11-15H2,1-2H3. The first-order valence-electron chi connectivity index (χ1n) is 9.47. The molecule has 26 heavy (non-hydrogen) atoms. The van der Waals surface area contributed by atoms with E-state index in [2.05, 4.69) is 0 Å². The van der Waals surface area contributed by atoms with Gasteiger partial charge in [0.15, 0.2) is 0 Å². The summed E-state index contributed by atoms with van der Waals surface area (Å²) >= 11 is 0. The number of hydrogen-bond acceptors (Lipinski definition) is 3. The highest BCUT2D eigenvalue weighted by Crippen LogP contribution is 2.28. The Balaban J connectivity index is 1.64. The number of para-hydroxylation sites is 1. The van der Waals surface area contributed by atoms with Crippen molar-refractivity contribution in [2.24, 2.45) is 5.92 Å². The number of amides is 3. The van der Waals surface area contributed by atoms with E-state index in [0.717, 1.165) is 50.2 Å². The van der Waals surface area contributed by atoms with Crippen molar-refractivity contribution < 1.29 is 14.3 Å². The average molecular weight is 359 g/mol. The van der Waals surface area contributed by atoms with Crippen LogP contribution >= 0.6 is 0 Å². The van der Waals surface area contributed by atoms with Gasteiger partial charge in [-0.05, 0) is 43.2 Å². The lowest BCUT2D eigenvalue weighted by Crippen LogP contribution is -2.51. The second-order valence-corrected chi connectivity index (χ2v) is 7.34. The molecule has 0 aromatic heterocycles. The summed E-state index contributed by atoms with van der Waals surface area (Å²) in [5, 5.41) is 0. The molecule has 2 heterocycles. The second kappa shape index (κ2) is 8.54. The van der Waals surface area contributed by atoms with Crippen molar-refractivity contribution >= 4 is 17.6 Å². The maximum absolute atomic E-state index is 12.9. The van der Waals surface area contributed by atoms with Crippen LogP contribution in [0, 0.1) is 5.92 Å². The number of benzene rings is 1. The van der Waals surface area contributed by atoms with Crippen molar-refractivity contribution in [1.29, 1.82) is 0 Å². The number of piperidine rings is 1. The lowest BCUT2D eigenvalue weighted by Gasteiger charge is -2.37. The summed E-state index contributed by atoms with van der Waals surface area (Å²) in [4.78, 5) is 30.7. The van der Waals surface area contributed by atoms with E-state index >= 15 is 0 Å². The number of urea groups is 1. The fraction of sp³-hybridized carbons (Fsp3) is 0.600. The Morgan fingerprint density at radius 3 is 2.92 bits per heavy atom. The molecule has 2 aliphatic rings. The van der Waals surface area contributed by atoms with Gasteiger partial charge in [-0.25, -0.2) is 4.79 Å². The quantitative estimate of drug-likeness (QED) is 0.734. The average Bonchev–Trinajstić information content (AvgIpc) is 2.66. The van der Waals surface area contributed by atoms with Gasteiger partial charge < -0.3 is 14.5 Å². The summed E-state index contributed by atoms with van der Waals surface area (Å²) in [6.45, 7) is 3.06. The van der Waals surface area contributed by atoms with Crippen molar-refractivity contribution in [2.75, 3.05) is 45.3 Å². The van der Waals surface area contributed by atoms with Gasteiger partial charge in [0, 0.05) is 40.4 Å². The summed E-state index contributed by atoms with van der Waals surface area (Å²) in [5.41, 5.74) is 1.94. The van der Waals surface area contributed by atoms with Crippen LogP contribution in [0.4, 0.5) is 10.5 Å². The molecule has 2 aliphatic heterocycles. The van der Waals surface area contributed by atoms with Crippen molar-refractivity contribution in [1.82, 2.24) is 9.80 Å². The highest BCUT2D eigenvalue weighted by atomic mass is 16.5. The van der Waals surface area contributed by atoms with Gasteiger partial charge in [0.1, 0.15) is 6.54 Å². The Morgan fingerprint density at radius 2 is 2.12 bits per heavy atom. The number of likely N-dealkylation sites (tertiary alicyclic amines) is 1. The fourth-order valence-corrected chi connectivity index (χ4v) is 3.97.